The fourth-order valence-corrected chi connectivity index (χ4v) is 4.08. The molecule has 4 aromatic rings. The molecule has 0 aliphatic carbocycles. The lowest BCUT2D eigenvalue weighted by Gasteiger charge is -2.24. The number of thiophene rings is 1. The lowest BCUT2D eigenvalue weighted by molar-refractivity contribution is -0.0856. The molecule has 1 unspecified atom stereocenters. The van der Waals surface area contributed by atoms with E-state index in [1.807, 2.05) is 54.0 Å². The van der Waals surface area contributed by atoms with Crippen molar-refractivity contribution in [3.8, 4) is 11.1 Å². The highest BCUT2D eigenvalue weighted by atomic mass is 32.1. The molecule has 0 bridgehead atoms. The van der Waals surface area contributed by atoms with Gasteiger partial charge < -0.3 is 10.7 Å². The first-order chi connectivity index (χ1) is 13.7. The summed E-state index contributed by atoms with van der Waals surface area (Å²) in [6, 6.07) is 14.9. The number of benzene rings is 1. The molecule has 0 spiro atoms. The first kappa shape index (κ1) is 18.4. The Morgan fingerprint density at radius 1 is 1.25 bits per heavy atom. The van der Waals surface area contributed by atoms with Crippen LogP contribution >= 0.6 is 11.3 Å². The lowest BCUT2D eigenvalue weighted by Crippen LogP contribution is -2.43. The molecule has 142 valence electrons. The van der Waals surface area contributed by atoms with E-state index >= 15 is 0 Å². The van der Waals surface area contributed by atoms with E-state index in [4.69, 9.17) is 5.73 Å². The summed E-state index contributed by atoms with van der Waals surface area (Å²) in [4.78, 5) is 20.6. The Bertz CT molecular complexity index is 1090. The zero-order chi connectivity index (χ0) is 19.5. The van der Waals surface area contributed by atoms with E-state index in [0.29, 0.717) is 11.3 Å². The quantitative estimate of drug-likeness (QED) is 0.344. The van der Waals surface area contributed by atoms with Crippen molar-refractivity contribution in [2.75, 3.05) is 6.54 Å². The smallest absolute Gasteiger partial charge is 0.287 e. The maximum absolute atomic E-state index is 12.8. The van der Waals surface area contributed by atoms with Crippen molar-refractivity contribution in [2.45, 2.75) is 12.5 Å². The van der Waals surface area contributed by atoms with Gasteiger partial charge in [0.05, 0.1) is 10.9 Å². The molecule has 1 atom stereocenters. The van der Waals surface area contributed by atoms with Crippen LogP contribution in [0.1, 0.15) is 15.2 Å². The van der Waals surface area contributed by atoms with E-state index in [1.54, 1.807) is 12.3 Å². The van der Waals surface area contributed by atoms with Gasteiger partial charge in [0, 0.05) is 24.3 Å². The fraction of sp³-hybridized carbons (Fsp3) is 0.143. The van der Waals surface area contributed by atoms with Crippen molar-refractivity contribution < 1.29 is 10.0 Å². The number of H-pyrrole nitrogens is 1. The van der Waals surface area contributed by atoms with Crippen molar-refractivity contribution in [2.24, 2.45) is 5.73 Å². The van der Waals surface area contributed by atoms with Crippen molar-refractivity contribution in [3.63, 3.8) is 0 Å². The van der Waals surface area contributed by atoms with Crippen molar-refractivity contribution in [3.05, 3.63) is 76.7 Å². The highest BCUT2D eigenvalue weighted by molar-refractivity contribution is 7.12. The normalized spacial score (nSPS) is 12.2. The second-order valence-electron chi connectivity index (χ2n) is 6.53. The summed E-state index contributed by atoms with van der Waals surface area (Å²) in [6.45, 7) is 0.170. The van der Waals surface area contributed by atoms with Crippen LogP contribution in [0.25, 0.3) is 22.2 Å². The largest absolute Gasteiger partial charge is 0.346 e. The van der Waals surface area contributed by atoms with Crippen LogP contribution in [0.5, 0.6) is 0 Å². The van der Waals surface area contributed by atoms with E-state index in [-0.39, 0.29) is 6.54 Å². The number of fused-ring (bicyclic) bond motifs is 1. The molecule has 1 aromatic carbocycles. The topological polar surface area (TPSA) is 95.2 Å². The molecular formula is C21H20N4O2S. The monoisotopic (exact) mass is 392 g/mol. The van der Waals surface area contributed by atoms with E-state index < -0.39 is 11.9 Å². The average molecular weight is 392 g/mol. The van der Waals surface area contributed by atoms with Crippen molar-refractivity contribution in [1.29, 1.82) is 0 Å². The van der Waals surface area contributed by atoms with Gasteiger partial charge in [0.25, 0.3) is 5.91 Å². The van der Waals surface area contributed by atoms with Crippen molar-refractivity contribution in [1.82, 2.24) is 15.0 Å². The highest BCUT2D eigenvalue weighted by Gasteiger charge is 2.24. The highest BCUT2D eigenvalue weighted by Crippen LogP contribution is 2.31. The molecule has 0 saturated heterocycles. The fourth-order valence-electron chi connectivity index (χ4n) is 3.24. The summed E-state index contributed by atoms with van der Waals surface area (Å²) in [5, 5.41) is 14.2. The first-order valence-corrected chi connectivity index (χ1v) is 9.82. The Labute approximate surface area is 166 Å². The molecule has 3 aromatic heterocycles. The predicted octanol–water partition coefficient (Wildman–Crippen LogP) is 3.69. The second-order valence-corrected chi connectivity index (χ2v) is 7.44. The van der Waals surface area contributed by atoms with Gasteiger partial charge in [0.1, 0.15) is 5.65 Å². The third-order valence-corrected chi connectivity index (χ3v) is 5.64. The Morgan fingerprint density at radius 3 is 2.86 bits per heavy atom. The molecule has 0 aliphatic heterocycles. The SMILES string of the molecule is NCC(Cc1ccccc1)N(O)C(=O)c1cc(-c2ccnc3[nH]ccc23)cs1. The van der Waals surface area contributed by atoms with Gasteiger partial charge in [-0.05, 0) is 46.7 Å². The molecule has 0 aliphatic rings. The summed E-state index contributed by atoms with van der Waals surface area (Å²) >= 11 is 1.30. The first-order valence-electron chi connectivity index (χ1n) is 8.95. The van der Waals surface area contributed by atoms with Gasteiger partial charge in [-0.15, -0.1) is 11.3 Å². The van der Waals surface area contributed by atoms with Crippen LogP contribution in [0.2, 0.25) is 0 Å². The Hall–Kier alpha value is -3.00. The molecule has 0 radical (unpaired) electrons. The van der Waals surface area contributed by atoms with Gasteiger partial charge in [0.15, 0.2) is 0 Å². The number of aromatic amines is 1. The Balaban J connectivity index is 1.56. The number of amides is 1. The van der Waals surface area contributed by atoms with E-state index in [9.17, 15) is 10.0 Å². The van der Waals surface area contributed by atoms with Crippen LogP contribution in [-0.4, -0.2) is 38.7 Å². The minimum Gasteiger partial charge on any atom is -0.346 e. The van der Waals surface area contributed by atoms with Crippen molar-refractivity contribution >= 4 is 28.3 Å². The third kappa shape index (κ3) is 3.55. The molecular weight excluding hydrogens is 372 g/mol. The zero-order valence-electron chi connectivity index (χ0n) is 15.1. The average Bonchev–Trinajstić information content (AvgIpc) is 3.41. The van der Waals surface area contributed by atoms with E-state index in [0.717, 1.165) is 32.8 Å². The lowest BCUT2D eigenvalue weighted by atomic mass is 10.1. The summed E-state index contributed by atoms with van der Waals surface area (Å²) in [5.41, 5.74) is 9.55. The minimum atomic E-state index is -0.488. The number of carbonyl (C=O) groups excluding carboxylic acids is 1. The Kier molecular flexibility index (Phi) is 5.21. The number of hydroxylamine groups is 2. The van der Waals surface area contributed by atoms with Gasteiger partial charge in [-0.3, -0.25) is 10.0 Å². The number of aromatic nitrogens is 2. The number of nitrogens with one attached hydrogen (secondary N) is 1. The van der Waals surface area contributed by atoms with Gasteiger partial charge >= 0.3 is 0 Å². The van der Waals surface area contributed by atoms with E-state index in [2.05, 4.69) is 9.97 Å². The molecule has 6 nitrogen and oxygen atoms in total. The molecule has 4 N–H and O–H groups in total. The third-order valence-electron chi connectivity index (χ3n) is 4.72. The van der Waals surface area contributed by atoms with Crippen LogP contribution in [0.4, 0.5) is 0 Å². The number of nitrogens with zero attached hydrogens (tertiary/aromatic N) is 2. The van der Waals surface area contributed by atoms with Gasteiger partial charge in [-0.2, -0.15) is 0 Å². The van der Waals surface area contributed by atoms with E-state index in [1.165, 1.54) is 11.3 Å². The predicted molar refractivity (Wildman–Crippen MR) is 110 cm³/mol. The molecule has 28 heavy (non-hydrogen) atoms. The standard InChI is InChI=1S/C21H20N4O2S/c22-12-16(10-14-4-2-1-3-5-14)25(27)21(26)19-11-15(13-28-19)17-6-8-23-20-18(17)7-9-24-20/h1-9,11,13,16,27H,10,12,22H2,(H,23,24). The Morgan fingerprint density at radius 2 is 2.07 bits per heavy atom. The van der Waals surface area contributed by atoms with Crippen LogP contribution in [0, 0.1) is 0 Å². The number of hydrogen-bond donors (Lipinski definition) is 3. The maximum Gasteiger partial charge on any atom is 0.287 e. The van der Waals surface area contributed by atoms with Crippen LogP contribution in [0.3, 0.4) is 0 Å². The maximum atomic E-state index is 12.8. The summed E-state index contributed by atoms with van der Waals surface area (Å²) in [7, 11) is 0. The number of rotatable bonds is 6. The number of pyridine rings is 1. The molecule has 7 heteroatoms. The zero-order valence-corrected chi connectivity index (χ0v) is 15.9. The molecule has 3 heterocycles. The van der Waals surface area contributed by atoms with Gasteiger partial charge in [-0.1, -0.05) is 30.3 Å². The number of carbonyl (C=O) groups is 1. The molecule has 4 rings (SSSR count). The second kappa shape index (κ2) is 7.93. The summed E-state index contributed by atoms with van der Waals surface area (Å²) in [5.74, 6) is -0.443. The van der Waals surface area contributed by atoms with Crippen LogP contribution in [0.15, 0.2) is 66.3 Å². The molecule has 0 saturated carbocycles. The number of hydrogen-bond acceptors (Lipinski definition) is 5. The summed E-state index contributed by atoms with van der Waals surface area (Å²) in [6.07, 6.45) is 4.06. The summed E-state index contributed by atoms with van der Waals surface area (Å²) < 4.78 is 0. The minimum absolute atomic E-state index is 0.170. The molecule has 1 amide bonds. The molecule has 0 fully saturated rings. The van der Waals surface area contributed by atoms with Gasteiger partial charge in [-0.25, -0.2) is 10.0 Å². The van der Waals surface area contributed by atoms with Gasteiger partial charge in [0.2, 0.25) is 0 Å². The number of nitrogens with two attached hydrogens (primary N) is 1. The van der Waals surface area contributed by atoms with Crippen LogP contribution in [-0.2, 0) is 6.42 Å². The van der Waals surface area contributed by atoms with Crippen LogP contribution < -0.4 is 5.73 Å².